The van der Waals surface area contributed by atoms with Gasteiger partial charge in [-0.15, -0.1) is 0 Å². The lowest BCUT2D eigenvalue weighted by molar-refractivity contribution is -0.165. The molecule has 2 unspecified atom stereocenters. The minimum atomic E-state index is -2.27. The number of hydrogen-bond donors (Lipinski definition) is 6. The number of rotatable bonds is 4. The molecule has 12 N–H and O–H groups in total. The van der Waals surface area contributed by atoms with Crippen LogP contribution in [0.1, 0.15) is 25.7 Å². The van der Waals surface area contributed by atoms with Gasteiger partial charge in [0.1, 0.15) is 0 Å². The molecule has 0 aliphatic carbocycles. The minimum absolute atomic E-state index is 0. The van der Waals surface area contributed by atoms with Gasteiger partial charge in [-0.25, -0.2) is 9.59 Å². The van der Waals surface area contributed by atoms with E-state index in [1.54, 1.807) is 0 Å². The molecular weight excluding hydrogens is 316 g/mol. The molecule has 2 aliphatic heterocycles. The zero-order valence-corrected chi connectivity index (χ0v) is 12.7. The smallest absolute Gasteiger partial charge is 0.335 e. The number of aliphatic carboxylic acids is 2. The lowest BCUT2D eigenvalue weighted by atomic mass is 10.1. The lowest BCUT2D eigenvalue weighted by Gasteiger charge is -2.17. The fraction of sp³-hybridized carbons (Fsp3) is 0.833. The first-order valence-electron chi connectivity index (χ1n) is 6.72. The zero-order chi connectivity index (χ0) is 15.1. The number of carboxylic acid groups (broad SMARTS) is 2. The molecule has 0 aromatic rings. The molecule has 0 aromatic heterocycles. The van der Waals surface area contributed by atoms with E-state index in [2.05, 4.69) is 10.6 Å². The van der Waals surface area contributed by atoms with Crippen LogP contribution in [0.15, 0.2) is 0 Å². The van der Waals surface area contributed by atoms with E-state index >= 15 is 0 Å². The molecule has 0 radical (unpaired) electrons. The van der Waals surface area contributed by atoms with Gasteiger partial charge >= 0.3 is 11.9 Å². The molecule has 2 aliphatic rings. The number of nitrogens with one attached hydrogen (secondary N) is 2. The van der Waals surface area contributed by atoms with Gasteiger partial charge in [-0.2, -0.15) is 0 Å². The zero-order valence-electron chi connectivity index (χ0n) is 12.7. The molecule has 2 saturated heterocycles. The number of carboxylic acids is 2. The summed E-state index contributed by atoms with van der Waals surface area (Å²) in [5.74, 6) is -3.54. The Labute approximate surface area is 133 Å². The maximum atomic E-state index is 9.77. The SMILES string of the molecule is C1CNC(C2CCCN2)C1.O.O.O.O=C(O)[C@H](O)[C@@H](O)C(=O)O. The minimum Gasteiger partial charge on any atom is -0.479 e. The van der Waals surface area contributed by atoms with E-state index in [1.165, 1.54) is 38.8 Å². The van der Waals surface area contributed by atoms with Crippen molar-refractivity contribution in [3.63, 3.8) is 0 Å². The molecule has 2 rings (SSSR count). The van der Waals surface area contributed by atoms with E-state index in [-0.39, 0.29) is 16.4 Å². The van der Waals surface area contributed by atoms with Crippen LogP contribution in [0.4, 0.5) is 0 Å². The highest BCUT2D eigenvalue weighted by molar-refractivity contribution is 5.83. The quantitative estimate of drug-likeness (QED) is 0.292. The van der Waals surface area contributed by atoms with Crippen LogP contribution in [0.3, 0.4) is 0 Å². The number of aliphatic hydroxyl groups excluding tert-OH is 2. The van der Waals surface area contributed by atoms with Gasteiger partial charge in [-0.3, -0.25) is 0 Å². The highest BCUT2D eigenvalue weighted by Crippen LogP contribution is 2.16. The molecule has 0 bridgehead atoms. The van der Waals surface area contributed by atoms with Gasteiger partial charge in [0.2, 0.25) is 0 Å². The molecule has 0 saturated carbocycles. The topological polar surface area (TPSA) is 234 Å². The van der Waals surface area contributed by atoms with E-state index in [0.717, 1.165) is 12.1 Å². The van der Waals surface area contributed by atoms with Crippen molar-refractivity contribution >= 4 is 11.9 Å². The van der Waals surface area contributed by atoms with Crippen molar-refractivity contribution in [2.75, 3.05) is 13.1 Å². The van der Waals surface area contributed by atoms with Gasteiger partial charge in [0.15, 0.2) is 12.2 Å². The van der Waals surface area contributed by atoms with Crippen molar-refractivity contribution in [3.8, 4) is 0 Å². The van der Waals surface area contributed by atoms with Crippen LogP contribution in [0.5, 0.6) is 0 Å². The number of aliphatic hydroxyl groups is 2. The van der Waals surface area contributed by atoms with Gasteiger partial charge < -0.3 is 47.5 Å². The van der Waals surface area contributed by atoms with Crippen molar-refractivity contribution < 1.29 is 46.4 Å². The Morgan fingerprint density at radius 3 is 1.26 bits per heavy atom. The maximum absolute atomic E-state index is 9.77. The summed E-state index contributed by atoms with van der Waals surface area (Å²) in [6.07, 6.45) is 0.996. The lowest BCUT2D eigenvalue weighted by Crippen LogP contribution is -2.40. The first-order valence-corrected chi connectivity index (χ1v) is 6.72. The summed E-state index contributed by atoms with van der Waals surface area (Å²) in [4.78, 5) is 19.5. The highest BCUT2D eigenvalue weighted by Gasteiger charge is 2.29. The van der Waals surface area contributed by atoms with Crippen LogP contribution < -0.4 is 10.6 Å². The van der Waals surface area contributed by atoms with Crippen molar-refractivity contribution in [2.24, 2.45) is 0 Å². The second-order valence-corrected chi connectivity index (χ2v) is 4.97. The molecular formula is C12H28N2O9. The van der Waals surface area contributed by atoms with Gasteiger partial charge in [-0.1, -0.05) is 0 Å². The summed E-state index contributed by atoms with van der Waals surface area (Å²) < 4.78 is 0. The Hall–Kier alpha value is -1.34. The van der Waals surface area contributed by atoms with Gasteiger partial charge in [0, 0.05) is 12.1 Å². The summed E-state index contributed by atoms with van der Waals surface area (Å²) in [5.41, 5.74) is 0. The van der Waals surface area contributed by atoms with Gasteiger partial charge in [-0.05, 0) is 38.8 Å². The normalized spacial score (nSPS) is 24.6. The van der Waals surface area contributed by atoms with Crippen molar-refractivity contribution in [1.29, 1.82) is 0 Å². The highest BCUT2D eigenvalue weighted by atomic mass is 16.4. The molecule has 23 heavy (non-hydrogen) atoms. The first-order chi connectivity index (χ1) is 9.43. The van der Waals surface area contributed by atoms with E-state index in [9.17, 15) is 9.59 Å². The molecule has 0 aromatic carbocycles. The summed E-state index contributed by atoms with van der Waals surface area (Å²) in [6.45, 7) is 2.48. The maximum Gasteiger partial charge on any atom is 0.335 e. The van der Waals surface area contributed by atoms with E-state index < -0.39 is 24.1 Å². The third-order valence-corrected chi connectivity index (χ3v) is 3.49. The fourth-order valence-corrected chi connectivity index (χ4v) is 2.38. The van der Waals surface area contributed by atoms with Gasteiger partial charge in [0.25, 0.3) is 0 Å². The van der Waals surface area contributed by atoms with Crippen LogP contribution >= 0.6 is 0 Å². The average molecular weight is 344 g/mol. The van der Waals surface area contributed by atoms with Crippen molar-refractivity contribution in [2.45, 2.75) is 50.0 Å². The molecule has 140 valence electrons. The average Bonchev–Trinajstić information content (AvgIpc) is 3.08. The summed E-state index contributed by atoms with van der Waals surface area (Å²) in [7, 11) is 0. The van der Waals surface area contributed by atoms with Crippen LogP contribution in [0.2, 0.25) is 0 Å². The van der Waals surface area contributed by atoms with Crippen molar-refractivity contribution in [3.05, 3.63) is 0 Å². The summed E-state index contributed by atoms with van der Waals surface area (Å²) in [6, 6.07) is 1.59. The molecule has 4 atom stereocenters. The largest absolute Gasteiger partial charge is 0.479 e. The molecule has 0 amide bonds. The summed E-state index contributed by atoms with van der Waals surface area (Å²) in [5, 5.41) is 39.6. The second kappa shape index (κ2) is 13.1. The fourth-order valence-electron chi connectivity index (χ4n) is 2.38. The molecule has 2 heterocycles. The Bertz CT molecular complexity index is 298. The third-order valence-electron chi connectivity index (χ3n) is 3.49. The second-order valence-electron chi connectivity index (χ2n) is 4.97. The molecule has 2 fully saturated rings. The van der Waals surface area contributed by atoms with Gasteiger partial charge in [0.05, 0.1) is 0 Å². The molecule has 0 spiro atoms. The van der Waals surface area contributed by atoms with Crippen molar-refractivity contribution in [1.82, 2.24) is 10.6 Å². The van der Waals surface area contributed by atoms with Crippen LogP contribution in [0.25, 0.3) is 0 Å². The van der Waals surface area contributed by atoms with Crippen LogP contribution in [0, 0.1) is 0 Å². The number of carbonyl (C=O) groups is 2. The monoisotopic (exact) mass is 344 g/mol. The van der Waals surface area contributed by atoms with E-state index in [1.807, 2.05) is 0 Å². The Morgan fingerprint density at radius 2 is 1.09 bits per heavy atom. The molecule has 11 heteroatoms. The van der Waals surface area contributed by atoms with Crippen LogP contribution in [-0.2, 0) is 9.59 Å². The summed E-state index contributed by atoms with van der Waals surface area (Å²) >= 11 is 0. The predicted octanol–water partition coefficient (Wildman–Crippen LogP) is -4.11. The number of hydrogen-bond acceptors (Lipinski definition) is 6. The molecule has 11 nitrogen and oxygen atoms in total. The Kier molecular flexibility index (Phi) is 15.2. The predicted molar refractivity (Wildman–Crippen MR) is 80.2 cm³/mol. The Balaban J connectivity index is -0.000000308. The first kappa shape index (κ1) is 26.6. The van der Waals surface area contributed by atoms with E-state index in [0.29, 0.717) is 0 Å². The van der Waals surface area contributed by atoms with Crippen LogP contribution in [-0.4, -0.2) is 86.2 Å². The Morgan fingerprint density at radius 1 is 0.783 bits per heavy atom. The standard InChI is InChI=1S/C8H16N2.C4H6O6.3H2O/c1-3-7(9-5-1)8-4-2-6-10-8;5-1(3(7)8)2(6)4(9)10;;;/h7-10H,1-6H2;1-2,5-6H,(H,7,8)(H,9,10);3*1H2/t;1-,2-;;;/m.1.../s1. The van der Waals surface area contributed by atoms with E-state index in [4.69, 9.17) is 20.4 Å². The third kappa shape index (κ3) is 8.76.